The summed E-state index contributed by atoms with van der Waals surface area (Å²) in [6.45, 7) is 1.52. The minimum Gasteiger partial charge on any atom is -0.352 e. The lowest BCUT2D eigenvalue weighted by atomic mass is 10.0. The normalized spacial score (nSPS) is 14.1. The van der Waals surface area contributed by atoms with Crippen molar-refractivity contribution in [3.63, 3.8) is 0 Å². The van der Waals surface area contributed by atoms with Crippen molar-refractivity contribution in [2.75, 3.05) is 10.8 Å². The SMILES string of the molecule is Cc1ccc(N(CC(=O)N(Cc2ccc(Cl)cc2)C(Cc2ccccc2)C(=O)NC2CCCC2)S(=O)(=O)c2ccccc2)cc1. The summed E-state index contributed by atoms with van der Waals surface area (Å²) >= 11 is 6.16. The molecule has 2 amide bonds. The van der Waals surface area contributed by atoms with E-state index in [2.05, 4.69) is 5.32 Å². The van der Waals surface area contributed by atoms with Crippen LogP contribution in [0, 0.1) is 6.92 Å². The average Bonchev–Trinajstić information content (AvgIpc) is 3.57. The Morgan fingerprint density at radius 3 is 2.04 bits per heavy atom. The third-order valence-corrected chi connectivity index (χ3v) is 10.2. The molecule has 9 heteroatoms. The second kappa shape index (κ2) is 14.8. The van der Waals surface area contributed by atoms with Crippen LogP contribution in [0.2, 0.25) is 5.02 Å². The minimum absolute atomic E-state index is 0.0470. The lowest BCUT2D eigenvalue weighted by Gasteiger charge is -2.34. The summed E-state index contributed by atoms with van der Waals surface area (Å²) < 4.78 is 29.2. The van der Waals surface area contributed by atoms with E-state index in [0.717, 1.165) is 46.7 Å². The molecule has 1 aliphatic rings. The summed E-state index contributed by atoms with van der Waals surface area (Å²) in [4.78, 5) is 30.2. The molecule has 1 saturated carbocycles. The number of sulfonamides is 1. The van der Waals surface area contributed by atoms with Crippen molar-refractivity contribution in [2.45, 2.75) is 62.6 Å². The van der Waals surface area contributed by atoms with E-state index in [1.165, 1.54) is 17.0 Å². The Bertz CT molecular complexity index is 1680. The fourth-order valence-electron chi connectivity index (χ4n) is 5.67. The highest BCUT2D eigenvalue weighted by Crippen LogP contribution is 2.26. The molecule has 1 atom stereocenters. The van der Waals surface area contributed by atoms with Crippen molar-refractivity contribution >= 4 is 39.1 Å². The second-order valence-electron chi connectivity index (χ2n) is 11.5. The van der Waals surface area contributed by atoms with Crippen LogP contribution in [0.25, 0.3) is 0 Å². The molecular weight excluding hydrogens is 606 g/mol. The van der Waals surface area contributed by atoms with Crippen molar-refractivity contribution in [2.24, 2.45) is 0 Å². The molecule has 1 fully saturated rings. The second-order valence-corrected chi connectivity index (χ2v) is 13.8. The number of amides is 2. The van der Waals surface area contributed by atoms with Gasteiger partial charge in [0.25, 0.3) is 10.0 Å². The molecule has 0 aliphatic heterocycles. The number of benzene rings is 4. The molecule has 1 unspecified atom stereocenters. The monoisotopic (exact) mass is 643 g/mol. The predicted molar refractivity (Wildman–Crippen MR) is 178 cm³/mol. The largest absolute Gasteiger partial charge is 0.352 e. The minimum atomic E-state index is -4.13. The van der Waals surface area contributed by atoms with E-state index < -0.39 is 28.5 Å². The Morgan fingerprint density at radius 1 is 0.822 bits per heavy atom. The molecule has 5 rings (SSSR count). The fourth-order valence-corrected chi connectivity index (χ4v) is 7.23. The summed E-state index contributed by atoms with van der Waals surface area (Å²) in [7, 11) is -4.13. The summed E-state index contributed by atoms with van der Waals surface area (Å²) in [6.07, 6.45) is 4.15. The molecule has 7 nitrogen and oxygen atoms in total. The van der Waals surface area contributed by atoms with E-state index in [9.17, 15) is 18.0 Å². The Kier molecular flexibility index (Phi) is 10.6. The van der Waals surface area contributed by atoms with Gasteiger partial charge in [0.05, 0.1) is 10.6 Å². The summed E-state index contributed by atoms with van der Waals surface area (Å²) in [6, 6.07) is 30.9. The number of nitrogens with one attached hydrogen (secondary N) is 1. The number of halogens is 1. The van der Waals surface area contributed by atoms with Crippen molar-refractivity contribution in [3.05, 3.63) is 131 Å². The number of rotatable bonds is 12. The van der Waals surface area contributed by atoms with Crippen molar-refractivity contribution in [1.29, 1.82) is 0 Å². The van der Waals surface area contributed by atoms with Gasteiger partial charge in [-0.1, -0.05) is 103 Å². The van der Waals surface area contributed by atoms with Crippen LogP contribution in [-0.2, 0) is 32.6 Å². The quantitative estimate of drug-likeness (QED) is 0.190. The van der Waals surface area contributed by atoms with E-state index in [1.807, 2.05) is 61.5 Å². The molecule has 0 spiro atoms. The van der Waals surface area contributed by atoms with E-state index in [1.54, 1.807) is 42.5 Å². The zero-order valence-electron chi connectivity index (χ0n) is 25.3. The molecule has 0 heterocycles. The van der Waals surface area contributed by atoms with E-state index in [4.69, 9.17) is 11.6 Å². The van der Waals surface area contributed by atoms with Crippen LogP contribution in [-0.4, -0.2) is 43.8 Å². The number of nitrogens with zero attached hydrogens (tertiary/aromatic N) is 2. The van der Waals surface area contributed by atoms with E-state index >= 15 is 0 Å². The molecule has 1 aliphatic carbocycles. The topological polar surface area (TPSA) is 86.8 Å². The van der Waals surface area contributed by atoms with Crippen LogP contribution < -0.4 is 9.62 Å². The van der Waals surface area contributed by atoms with Gasteiger partial charge in [-0.2, -0.15) is 0 Å². The molecule has 0 radical (unpaired) electrons. The Hall–Kier alpha value is -4.14. The first kappa shape index (κ1) is 32.3. The third kappa shape index (κ3) is 8.32. The highest BCUT2D eigenvalue weighted by atomic mass is 35.5. The van der Waals surface area contributed by atoms with E-state index in [-0.39, 0.29) is 29.8 Å². The van der Waals surface area contributed by atoms with Gasteiger partial charge in [0, 0.05) is 24.0 Å². The van der Waals surface area contributed by atoms with Crippen LogP contribution in [0.15, 0.2) is 114 Å². The summed E-state index contributed by atoms with van der Waals surface area (Å²) in [5.74, 6) is -0.742. The number of hydrogen-bond acceptors (Lipinski definition) is 4. The lowest BCUT2D eigenvalue weighted by molar-refractivity contribution is -0.140. The van der Waals surface area contributed by atoms with Gasteiger partial charge in [0.1, 0.15) is 12.6 Å². The van der Waals surface area contributed by atoms with Crippen molar-refractivity contribution < 1.29 is 18.0 Å². The zero-order valence-corrected chi connectivity index (χ0v) is 26.9. The highest BCUT2D eigenvalue weighted by Gasteiger charge is 2.35. The van der Waals surface area contributed by atoms with Gasteiger partial charge in [-0.15, -0.1) is 0 Å². The van der Waals surface area contributed by atoms with Crippen LogP contribution >= 0.6 is 11.6 Å². The summed E-state index contributed by atoms with van der Waals surface area (Å²) in [5, 5.41) is 3.74. The van der Waals surface area contributed by atoms with Crippen LogP contribution in [0.1, 0.15) is 42.4 Å². The number of anilines is 1. The summed E-state index contributed by atoms with van der Waals surface area (Å²) in [5.41, 5.74) is 2.98. The van der Waals surface area contributed by atoms with E-state index in [0.29, 0.717) is 10.7 Å². The van der Waals surface area contributed by atoms with Gasteiger partial charge in [-0.3, -0.25) is 13.9 Å². The van der Waals surface area contributed by atoms with Crippen molar-refractivity contribution in [3.8, 4) is 0 Å². The third-order valence-electron chi connectivity index (χ3n) is 8.17. The molecular formula is C36H38ClN3O4S. The predicted octanol–water partition coefficient (Wildman–Crippen LogP) is 6.54. The smallest absolute Gasteiger partial charge is 0.264 e. The molecule has 0 saturated heterocycles. The Labute approximate surface area is 270 Å². The van der Waals surface area contributed by atoms with Gasteiger partial charge >= 0.3 is 0 Å². The van der Waals surface area contributed by atoms with Gasteiger partial charge in [0.2, 0.25) is 11.8 Å². The number of hydrogen-bond donors (Lipinski definition) is 1. The maximum absolute atomic E-state index is 14.5. The van der Waals surface area contributed by atoms with Crippen LogP contribution in [0.5, 0.6) is 0 Å². The average molecular weight is 644 g/mol. The number of carbonyl (C=O) groups excluding carboxylic acids is 2. The molecule has 234 valence electrons. The first-order chi connectivity index (χ1) is 21.7. The zero-order chi connectivity index (χ0) is 31.8. The number of aryl methyl sites for hydroxylation is 1. The van der Waals surface area contributed by atoms with Gasteiger partial charge in [0.15, 0.2) is 0 Å². The van der Waals surface area contributed by atoms with Gasteiger partial charge < -0.3 is 10.2 Å². The molecule has 0 aromatic heterocycles. The molecule has 45 heavy (non-hydrogen) atoms. The Morgan fingerprint density at radius 2 is 1.42 bits per heavy atom. The maximum Gasteiger partial charge on any atom is 0.264 e. The fraction of sp³-hybridized carbons (Fsp3) is 0.278. The number of carbonyl (C=O) groups is 2. The molecule has 0 bridgehead atoms. The van der Waals surface area contributed by atoms with Gasteiger partial charge in [-0.05, 0) is 67.3 Å². The Balaban J connectivity index is 1.55. The maximum atomic E-state index is 14.5. The standard InChI is InChI=1S/C36H38ClN3O4S/c1-27-16-22-32(23-17-27)40(45(43,44)33-14-6-3-7-15-33)26-35(41)39(25-29-18-20-30(37)21-19-29)34(24-28-10-4-2-5-11-28)36(42)38-31-12-8-9-13-31/h2-7,10-11,14-23,31,34H,8-9,12-13,24-26H2,1H3,(H,38,42). The first-order valence-corrected chi connectivity index (χ1v) is 17.1. The van der Waals surface area contributed by atoms with Crippen LogP contribution in [0.4, 0.5) is 5.69 Å². The molecule has 1 N–H and O–H groups in total. The molecule has 4 aromatic carbocycles. The van der Waals surface area contributed by atoms with Crippen molar-refractivity contribution in [1.82, 2.24) is 10.2 Å². The lowest BCUT2D eigenvalue weighted by Crippen LogP contribution is -2.54. The highest BCUT2D eigenvalue weighted by molar-refractivity contribution is 7.92. The first-order valence-electron chi connectivity index (χ1n) is 15.2. The molecule has 4 aromatic rings. The van der Waals surface area contributed by atoms with Crippen LogP contribution in [0.3, 0.4) is 0 Å². The van der Waals surface area contributed by atoms with Gasteiger partial charge in [-0.25, -0.2) is 8.42 Å².